The molecule has 0 radical (unpaired) electrons. The monoisotopic (exact) mass is 763 g/mol. The van der Waals surface area contributed by atoms with E-state index in [0.717, 1.165) is 21.9 Å². The van der Waals surface area contributed by atoms with Crippen molar-refractivity contribution in [2.75, 3.05) is 0 Å². The summed E-state index contributed by atoms with van der Waals surface area (Å²) in [6.07, 6.45) is 5.13. The third-order valence-corrected chi connectivity index (χ3v) is 10.3. The number of benzene rings is 7. The zero-order valence-electron chi connectivity index (χ0n) is 44.7. The Balaban J connectivity index is 1.15. The molecule has 0 spiro atoms. The first-order valence-corrected chi connectivity index (χ1v) is 18.7. The van der Waals surface area contributed by atoms with Gasteiger partial charge in [-0.1, -0.05) is 154 Å². The Bertz CT molecular complexity index is 3710. The molecule has 0 fully saturated rings. The first kappa shape index (κ1) is 23.7. The van der Waals surface area contributed by atoms with Crippen LogP contribution in [0.25, 0.3) is 72.3 Å². The van der Waals surface area contributed by atoms with Crippen LogP contribution in [0.2, 0.25) is 0 Å². The minimum Gasteiger partial charge on any atom is -0.458 e. The molecule has 280 valence electrons. The number of para-hydroxylation sites is 4. The maximum Gasteiger partial charge on any atom is 0.269 e. The van der Waals surface area contributed by atoms with Gasteiger partial charge in [-0.25, -0.2) is 4.98 Å². The van der Waals surface area contributed by atoms with E-state index >= 15 is 0 Å². The lowest BCUT2D eigenvalue weighted by molar-refractivity contribution is -0.571. The Morgan fingerprint density at radius 2 is 1.31 bits per heavy atom. The number of hydrogen-bond acceptors (Lipinski definition) is 2. The topological polar surface area (TPSA) is 35.9 Å². The number of aryl methyl sites for hydroxylation is 1. The van der Waals surface area contributed by atoms with Gasteiger partial charge in [0.25, 0.3) is 6.33 Å². The first-order valence-electron chi connectivity index (χ1n) is 25.2. The molecular weight excluding hydrogens is 709 g/mol. The Hall–Kier alpha value is -7.24. The molecule has 5 nitrogen and oxygen atoms in total. The van der Waals surface area contributed by atoms with Gasteiger partial charge in [0.2, 0.25) is 0 Å². The predicted octanol–water partition coefficient (Wildman–Crippen LogP) is 12.9. The molecular formula is C53H42N4O. The second-order valence-corrected chi connectivity index (χ2v) is 14.9. The van der Waals surface area contributed by atoms with Crippen LogP contribution < -0.4 is 9.30 Å². The van der Waals surface area contributed by atoms with E-state index in [2.05, 4.69) is 6.33 Å². The van der Waals surface area contributed by atoms with Crippen LogP contribution in [0.3, 0.4) is 0 Å². The fourth-order valence-electron chi connectivity index (χ4n) is 7.48. The van der Waals surface area contributed by atoms with Crippen molar-refractivity contribution in [2.45, 2.75) is 33.0 Å². The normalized spacial score (nSPS) is 15.2. The average molecular weight is 764 g/mol. The van der Waals surface area contributed by atoms with Crippen LogP contribution in [0.5, 0.6) is 11.5 Å². The molecule has 3 aromatic heterocycles. The molecule has 5 heteroatoms. The number of aromatic nitrogens is 4. The summed E-state index contributed by atoms with van der Waals surface area (Å²) in [5, 5.41) is 1.77. The lowest BCUT2D eigenvalue weighted by Crippen LogP contribution is -2.31. The fraction of sp³-hybridized carbons (Fsp3) is 0.0943. The minimum atomic E-state index is -2.48. The highest BCUT2D eigenvalue weighted by atomic mass is 16.5. The molecule has 0 N–H and O–H groups in total. The van der Waals surface area contributed by atoms with Gasteiger partial charge in [-0.2, -0.15) is 0 Å². The maximum absolute atomic E-state index is 9.00. The number of fused-ring (bicyclic) bond motifs is 4. The molecule has 0 aliphatic rings. The molecule has 3 heterocycles. The van der Waals surface area contributed by atoms with Gasteiger partial charge in [0.1, 0.15) is 17.3 Å². The van der Waals surface area contributed by atoms with E-state index < -0.39 is 67.3 Å². The molecule has 0 aliphatic carbocycles. The molecule has 0 unspecified atom stereocenters. The number of pyridine rings is 1. The van der Waals surface area contributed by atoms with E-state index in [1.165, 1.54) is 0 Å². The summed E-state index contributed by atoms with van der Waals surface area (Å²) in [6.45, 7) is 3.56. The third-order valence-electron chi connectivity index (χ3n) is 10.3. The first-order chi connectivity index (χ1) is 33.7. The Morgan fingerprint density at radius 3 is 2.03 bits per heavy atom. The Labute approximate surface area is 357 Å². The summed E-state index contributed by atoms with van der Waals surface area (Å²) in [7, 11) is 0. The van der Waals surface area contributed by atoms with Gasteiger partial charge in [0.05, 0.1) is 47.1 Å². The molecule has 0 saturated heterocycles. The zero-order valence-corrected chi connectivity index (χ0v) is 31.7. The lowest BCUT2D eigenvalue weighted by Gasteiger charge is -2.20. The van der Waals surface area contributed by atoms with E-state index in [0.29, 0.717) is 33.7 Å². The zero-order chi connectivity index (χ0) is 50.6. The van der Waals surface area contributed by atoms with Crippen LogP contribution in [0.1, 0.15) is 49.7 Å². The van der Waals surface area contributed by atoms with E-state index in [1.807, 2.05) is 86.0 Å². The van der Waals surface area contributed by atoms with Crippen LogP contribution in [0.15, 0.2) is 182 Å². The Morgan fingerprint density at radius 1 is 0.655 bits per heavy atom. The summed E-state index contributed by atoms with van der Waals surface area (Å²) in [5.41, 5.74) is 3.82. The van der Waals surface area contributed by atoms with E-state index in [4.69, 9.17) is 27.5 Å². The maximum atomic E-state index is 9.00. The largest absolute Gasteiger partial charge is 0.458 e. The van der Waals surface area contributed by atoms with E-state index in [1.54, 1.807) is 69.9 Å². The third kappa shape index (κ3) is 6.12. The minimum absolute atomic E-state index is 0.121. The number of ether oxygens (including phenoxy) is 1. The van der Waals surface area contributed by atoms with Crippen LogP contribution in [-0.4, -0.2) is 14.1 Å². The molecule has 7 aromatic carbocycles. The van der Waals surface area contributed by atoms with Crippen molar-refractivity contribution >= 4 is 32.8 Å². The van der Waals surface area contributed by atoms with Gasteiger partial charge in [-0.05, 0) is 82.0 Å². The summed E-state index contributed by atoms with van der Waals surface area (Å²) in [6, 6.07) is 28.9. The summed E-state index contributed by atoms with van der Waals surface area (Å²) >= 11 is 0. The highest BCUT2D eigenvalue weighted by Gasteiger charge is 2.21. The highest BCUT2D eigenvalue weighted by molar-refractivity contribution is 6.09. The van der Waals surface area contributed by atoms with Crippen molar-refractivity contribution < 1.29 is 27.1 Å². The summed E-state index contributed by atoms with van der Waals surface area (Å²) in [5.74, 6) is 1.17. The quantitative estimate of drug-likeness (QED) is 0.120. The van der Waals surface area contributed by atoms with Gasteiger partial charge in [0.15, 0.2) is 0 Å². The predicted molar refractivity (Wildman–Crippen MR) is 237 cm³/mol. The summed E-state index contributed by atoms with van der Waals surface area (Å²) < 4.78 is 124. The second-order valence-electron chi connectivity index (χ2n) is 14.9. The highest BCUT2D eigenvalue weighted by Crippen LogP contribution is 2.38. The number of rotatable bonds is 7. The molecule has 58 heavy (non-hydrogen) atoms. The van der Waals surface area contributed by atoms with Crippen molar-refractivity contribution in [3.05, 3.63) is 199 Å². The van der Waals surface area contributed by atoms with Crippen LogP contribution in [0, 0.1) is 13.2 Å². The van der Waals surface area contributed by atoms with Crippen molar-refractivity contribution in [1.29, 1.82) is 0 Å². The lowest BCUT2D eigenvalue weighted by atomic mass is 9.87. The van der Waals surface area contributed by atoms with Crippen molar-refractivity contribution in [3.8, 4) is 50.9 Å². The van der Waals surface area contributed by atoms with E-state index in [-0.39, 0.29) is 44.7 Å². The van der Waals surface area contributed by atoms with Crippen molar-refractivity contribution in [1.82, 2.24) is 14.1 Å². The molecule has 10 aromatic rings. The molecule has 10 rings (SSSR count). The number of imidazole rings is 1. The van der Waals surface area contributed by atoms with Gasteiger partial charge in [-0.15, -0.1) is 0 Å². The van der Waals surface area contributed by atoms with Crippen molar-refractivity contribution in [2.24, 2.45) is 0 Å². The van der Waals surface area contributed by atoms with Gasteiger partial charge in [0, 0.05) is 27.1 Å². The molecule has 0 amide bonds. The standard InChI is InChI=1S/C53H42N4O/c1-36-31-39(53(2,3)4)34-54-52(36)57-47-26-12-11-23-45(47)46-30-29-42(33-50(46)57)58-41-22-15-21-40(32-41)55-35-56(49-28-14-13-27-48(49)55)51-43(37-17-7-5-8-18-37)24-16-25-44(51)38-19-9-6-10-20-38/h5-34H,1-4H3/i1D3,5D,6D,7D,8D,9D,10D,17D,18D,19D,20D. The average Bonchev–Trinajstić information content (AvgIpc) is 3.89. The van der Waals surface area contributed by atoms with Crippen LogP contribution in [0.4, 0.5) is 0 Å². The van der Waals surface area contributed by atoms with Gasteiger partial charge >= 0.3 is 0 Å². The van der Waals surface area contributed by atoms with Gasteiger partial charge < -0.3 is 4.74 Å². The number of nitrogens with zero attached hydrogens (tertiary/aromatic N) is 4. The smallest absolute Gasteiger partial charge is 0.269 e. The molecule has 0 bridgehead atoms. The SMILES string of the molecule is [2H]c1c([2H])c([2H])c(-c2cccc(-c3c([2H])c([2H])c([2H])c([2H])c3[2H])c2-[n+]2[c-]n(-c3cccc(Oc4ccc5c6ccccc6n(-c6ncc(C(C)(C)C)cc6C([2H])([2H])[2H])c5c4)c3)c3ccccc32)c([2H])c1[2H]. The van der Waals surface area contributed by atoms with Crippen LogP contribution in [-0.2, 0) is 5.41 Å². The fourth-order valence-corrected chi connectivity index (χ4v) is 7.48. The van der Waals surface area contributed by atoms with Gasteiger partial charge in [-0.3, -0.25) is 13.7 Å². The molecule has 0 saturated carbocycles. The molecule has 0 atom stereocenters. The summed E-state index contributed by atoms with van der Waals surface area (Å²) in [4.78, 5) is 4.81. The number of hydrogen-bond donors (Lipinski definition) is 0. The second kappa shape index (κ2) is 14.1. The van der Waals surface area contributed by atoms with E-state index in [9.17, 15) is 0 Å². The van der Waals surface area contributed by atoms with Crippen LogP contribution >= 0.6 is 0 Å². The van der Waals surface area contributed by atoms with Crippen molar-refractivity contribution in [3.63, 3.8) is 0 Å². The Kier molecular flexibility index (Phi) is 5.75. The molecule has 0 aliphatic heterocycles.